The molecule has 0 radical (unpaired) electrons. The maximum atomic E-state index is 10.5. The molecule has 1 aromatic carbocycles. The maximum absolute atomic E-state index is 10.5. The first-order valence-corrected chi connectivity index (χ1v) is 5.66. The Labute approximate surface area is 119 Å². The third kappa shape index (κ3) is 5.51. The highest BCUT2D eigenvalue weighted by atomic mass is 16.9. The number of hydrogen-bond acceptors (Lipinski definition) is 5. The largest absolute Gasteiger partial charge is 0.356 e. The van der Waals surface area contributed by atoms with E-state index in [9.17, 15) is 10.1 Å². The summed E-state index contributed by atoms with van der Waals surface area (Å²) in [5.41, 5.74) is 1.13. The predicted molar refractivity (Wildman–Crippen MR) is 73.6 cm³/mol. The van der Waals surface area contributed by atoms with Crippen molar-refractivity contribution in [3.63, 3.8) is 0 Å². The summed E-state index contributed by atoms with van der Waals surface area (Å²) in [5, 5.41) is 25.2. The Hall–Kier alpha value is -3.23. The molecule has 1 aromatic heterocycles. The van der Waals surface area contributed by atoms with Crippen molar-refractivity contribution in [2.75, 3.05) is 0 Å². The van der Waals surface area contributed by atoms with E-state index < -0.39 is 10.0 Å². The van der Waals surface area contributed by atoms with Crippen LogP contribution in [0.4, 0.5) is 5.69 Å². The first-order valence-electron chi connectivity index (χ1n) is 5.66. The molecule has 0 amide bonds. The standard InChI is InChI=1S/C12H12N3O2.NO3/c1-2-13-7-8-14(10-13)9-11-3-5-12(6-4-11)15(16)17;2-1(3)4/h2-8,10H,1,9H2;/q+1;-1. The van der Waals surface area contributed by atoms with Crippen LogP contribution in [0.2, 0.25) is 0 Å². The Morgan fingerprint density at radius 1 is 1.19 bits per heavy atom. The summed E-state index contributed by atoms with van der Waals surface area (Å²) in [4.78, 5) is 18.4. The van der Waals surface area contributed by atoms with Gasteiger partial charge in [0.05, 0.1) is 16.2 Å². The van der Waals surface area contributed by atoms with E-state index in [-0.39, 0.29) is 5.69 Å². The van der Waals surface area contributed by atoms with Gasteiger partial charge < -0.3 is 15.3 Å². The zero-order chi connectivity index (χ0) is 15.8. The summed E-state index contributed by atoms with van der Waals surface area (Å²) in [7, 11) is 0. The predicted octanol–water partition coefficient (Wildman–Crippen LogP) is 1.59. The smallest absolute Gasteiger partial charge is 0.269 e. The van der Waals surface area contributed by atoms with Gasteiger partial charge in [0, 0.05) is 12.1 Å². The molecule has 2 rings (SSSR count). The summed E-state index contributed by atoms with van der Waals surface area (Å²) >= 11 is 0. The van der Waals surface area contributed by atoms with Crippen molar-refractivity contribution in [2.24, 2.45) is 0 Å². The number of rotatable bonds is 4. The second kappa shape index (κ2) is 7.38. The summed E-state index contributed by atoms with van der Waals surface area (Å²) in [6.45, 7) is 4.34. The number of benzene rings is 1. The fourth-order valence-electron chi connectivity index (χ4n) is 1.55. The molecule has 0 N–H and O–H groups in total. The molecular weight excluding hydrogens is 280 g/mol. The quantitative estimate of drug-likeness (QED) is 0.481. The number of nitro benzene ring substituents is 1. The lowest BCUT2D eigenvalue weighted by atomic mass is 10.2. The number of non-ortho nitro benzene ring substituents is 1. The zero-order valence-corrected chi connectivity index (χ0v) is 10.9. The van der Waals surface area contributed by atoms with Crippen molar-refractivity contribution in [2.45, 2.75) is 6.54 Å². The molecule has 110 valence electrons. The van der Waals surface area contributed by atoms with Crippen LogP contribution in [0.3, 0.4) is 0 Å². The van der Waals surface area contributed by atoms with Crippen molar-refractivity contribution in [3.8, 4) is 0 Å². The van der Waals surface area contributed by atoms with Crippen molar-refractivity contribution >= 4 is 11.9 Å². The van der Waals surface area contributed by atoms with Crippen LogP contribution in [0, 0.1) is 25.4 Å². The van der Waals surface area contributed by atoms with Crippen LogP contribution in [-0.2, 0) is 6.54 Å². The highest BCUT2D eigenvalue weighted by Crippen LogP contribution is 2.11. The highest BCUT2D eigenvalue weighted by Gasteiger charge is 2.06. The van der Waals surface area contributed by atoms with Gasteiger partial charge in [-0.1, -0.05) is 6.58 Å². The molecule has 9 nitrogen and oxygen atoms in total. The van der Waals surface area contributed by atoms with E-state index in [4.69, 9.17) is 15.3 Å². The van der Waals surface area contributed by atoms with E-state index in [1.54, 1.807) is 18.3 Å². The molecular formula is C12H12N4O5. The van der Waals surface area contributed by atoms with E-state index in [1.165, 1.54) is 12.1 Å². The molecule has 2 aromatic rings. The SMILES string of the molecule is C=Cn1cc[n+](Cc2ccc([N+](=O)[O-])cc2)c1.O=[N+]([O-])[O-]. The van der Waals surface area contributed by atoms with Crippen LogP contribution in [0.25, 0.3) is 6.20 Å². The second-order valence-corrected chi connectivity index (χ2v) is 3.86. The van der Waals surface area contributed by atoms with Gasteiger partial charge in [-0.2, -0.15) is 0 Å². The minimum atomic E-state index is -1.75. The Bertz CT molecular complexity index is 631. The van der Waals surface area contributed by atoms with Gasteiger partial charge in [-0.05, 0) is 17.7 Å². The van der Waals surface area contributed by atoms with Crippen molar-refractivity contribution in [3.05, 3.63) is 80.6 Å². The second-order valence-electron chi connectivity index (χ2n) is 3.86. The Morgan fingerprint density at radius 3 is 2.19 bits per heavy atom. The molecule has 9 heteroatoms. The number of aromatic nitrogens is 2. The van der Waals surface area contributed by atoms with Gasteiger partial charge >= 0.3 is 0 Å². The van der Waals surface area contributed by atoms with Gasteiger partial charge in [-0.25, -0.2) is 9.13 Å². The fraction of sp³-hybridized carbons (Fsp3) is 0.0833. The highest BCUT2D eigenvalue weighted by molar-refractivity contribution is 5.32. The first-order chi connectivity index (χ1) is 9.92. The monoisotopic (exact) mass is 292 g/mol. The van der Waals surface area contributed by atoms with Crippen molar-refractivity contribution in [1.29, 1.82) is 0 Å². The Balaban J connectivity index is 0.000000491. The molecule has 0 saturated carbocycles. The van der Waals surface area contributed by atoms with Crippen LogP contribution >= 0.6 is 0 Å². The number of nitrogens with zero attached hydrogens (tertiary/aromatic N) is 4. The molecule has 1 heterocycles. The zero-order valence-electron chi connectivity index (χ0n) is 10.9. The average molecular weight is 292 g/mol. The van der Waals surface area contributed by atoms with Crippen LogP contribution < -0.4 is 4.57 Å². The van der Waals surface area contributed by atoms with Crippen molar-refractivity contribution < 1.29 is 14.6 Å². The molecule has 0 fully saturated rings. The van der Waals surface area contributed by atoms with Crippen LogP contribution in [-0.4, -0.2) is 14.6 Å². The van der Waals surface area contributed by atoms with Gasteiger partial charge in [-0.3, -0.25) is 10.1 Å². The fourth-order valence-corrected chi connectivity index (χ4v) is 1.55. The third-order valence-corrected chi connectivity index (χ3v) is 2.44. The van der Waals surface area contributed by atoms with E-state index >= 15 is 0 Å². The van der Waals surface area contributed by atoms with Gasteiger partial charge in [0.2, 0.25) is 6.33 Å². The summed E-state index contributed by atoms with van der Waals surface area (Å²) < 4.78 is 3.81. The lowest BCUT2D eigenvalue weighted by Crippen LogP contribution is -2.31. The van der Waals surface area contributed by atoms with E-state index in [0.717, 1.165) is 5.56 Å². The van der Waals surface area contributed by atoms with Crippen molar-refractivity contribution in [1.82, 2.24) is 4.57 Å². The third-order valence-electron chi connectivity index (χ3n) is 2.44. The van der Waals surface area contributed by atoms with Gasteiger partial charge in [0.15, 0.2) is 0 Å². The molecule has 0 aliphatic rings. The molecule has 21 heavy (non-hydrogen) atoms. The lowest BCUT2D eigenvalue weighted by Gasteiger charge is -1.97. The number of hydrogen-bond donors (Lipinski definition) is 0. The molecule has 0 atom stereocenters. The summed E-state index contributed by atoms with van der Waals surface area (Å²) in [6.07, 6.45) is 7.40. The molecule has 0 bridgehead atoms. The van der Waals surface area contributed by atoms with Gasteiger partial charge in [0.1, 0.15) is 18.9 Å². The maximum Gasteiger partial charge on any atom is 0.269 e. The van der Waals surface area contributed by atoms with Gasteiger partial charge in [-0.15, -0.1) is 0 Å². The topological polar surface area (TPSA) is 118 Å². The van der Waals surface area contributed by atoms with E-state index in [0.29, 0.717) is 6.54 Å². The van der Waals surface area contributed by atoms with Crippen LogP contribution in [0.5, 0.6) is 0 Å². The Morgan fingerprint density at radius 2 is 1.76 bits per heavy atom. The molecule has 0 saturated heterocycles. The number of imidazole rings is 1. The Kier molecular flexibility index (Phi) is 5.56. The molecule has 0 unspecified atom stereocenters. The summed E-state index contributed by atoms with van der Waals surface area (Å²) in [6, 6.07) is 6.55. The first kappa shape index (κ1) is 15.8. The minimum Gasteiger partial charge on any atom is -0.356 e. The summed E-state index contributed by atoms with van der Waals surface area (Å²) in [5.74, 6) is 0. The van der Waals surface area contributed by atoms with E-state index in [1.807, 2.05) is 27.9 Å². The lowest BCUT2D eigenvalue weighted by molar-refractivity contribution is -0.687. The van der Waals surface area contributed by atoms with Gasteiger partial charge in [0.25, 0.3) is 5.69 Å². The molecule has 0 aliphatic carbocycles. The molecule has 0 spiro atoms. The number of nitro groups is 1. The average Bonchev–Trinajstić information content (AvgIpc) is 2.86. The van der Waals surface area contributed by atoms with E-state index in [2.05, 4.69) is 6.58 Å². The van der Waals surface area contributed by atoms with Crippen LogP contribution in [0.1, 0.15) is 5.56 Å². The normalized spacial score (nSPS) is 9.33. The molecule has 0 aliphatic heterocycles. The van der Waals surface area contributed by atoms with Crippen LogP contribution in [0.15, 0.2) is 49.6 Å². The minimum absolute atomic E-state index is 0.113.